The number of aliphatic imine (C=N–C) groups is 1. The smallest absolute Gasteiger partial charge is 0.0643 e. The summed E-state index contributed by atoms with van der Waals surface area (Å²) in [5, 5.41) is 0. The first-order valence-corrected chi connectivity index (χ1v) is 8.22. The lowest BCUT2D eigenvalue weighted by molar-refractivity contribution is 0.587. The monoisotopic (exact) mass is 267 g/mol. The highest BCUT2D eigenvalue weighted by atomic mass is 14.7. The summed E-state index contributed by atoms with van der Waals surface area (Å²) in [5.41, 5.74) is 6.14. The summed E-state index contributed by atoms with van der Waals surface area (Å²) in [5.74, 6) is 0. The quantitative estimate of drug-likeness (QED) is 0.674. The zero-order chi connectivity index (χ0) is 13.6. The third-order valence-electron chi connectivity index (χ3n) is 4.62. The minimum Gasteiger partial charge on any atom is -0.285 e. The topological polar surface area (TPSA) is 12.4 Å². The second-order valence-electron chi connectivity index (χ2n) is 6.10. The summed E-state index contributed by atoms with van der Waals surface area (Å²) < 4.78 is 0. The Labute approximate surface area is 122 Å². The number of benzene rings is 1. The molecule has 0 unspecified atom stereocenters. The van der Waals surface area contributed by atoms with E-state index in [1.54, 1.807) is 11.1 Å². The molecular formula is C19H25N. The van der Waals surface area contributed by atoms with Crippen molar-refractivity contribution in [2.45, 2.75) is 64.3 Å². The fourth-order valence-electron chi connectivity index (χ4n) is 3.50. The van der Waals surface area contributed by atoms with E-state index in [4.69, 9.17) is 4.99 Å². The van der Waals surface area contributed by atoms with Crippen LogP contribution < -0.4 is 0 Å². The molecule has 0 atom stereocenters. The normalized spacial score (nSPS) is 22.3. The van der Waals surface area contributed by atoms with Crippen LogP contribution in [0, 0.1) is 0 Å². The molecule has 0 aromatic heterocycles. The van der Waals surface area contributed by atoms with E-state index in [9.17, 15) is 0 Å². The number of nitrogens with zero attached hydrogens (tertiary/aromatic N) is 1. The summed E-state index contributed by atoms with van der Waals surface area (Å²) in [6, 6.07) is 10.7. The Morgan fingerprint density at radius 3 is 2.25 bits per heavy atom. The third kappa shape index (κ3) is 3.39. The van der Waals surface area contributed by atoms with Crippen molar-refractivity contribution in [2.75, 3.05) is 0 Å². The summed E-state index contributed by atoms with van der Waals surface area (Å²) >= 11 is 0. The predicted molar refractivity (Wildman–Crippen MR) is 86.2 cm³/mol. The maximum Gasteiger partial charge on any atom is 0.0643 e. The maximum atomic E-state index is 4.97. The first-order chi connectivity index (χ1) is 9.93. The van der Waals surface area contributed by atoms with Crippen molar-refractivity contribution >= 4 is 5.71 Å². The van der Waals surface area contributed by atoms with Gasteiger partial charge in [-0.15, -0.1) is 0 Å². The van der Waals surface area contributed by atoms with E-state index in [0.29, 0.717) is 0 Å². The van der Waals surface area contributed by atoms with E-state index in [1.165, 1.54) is 69.1 Å². The first kappa shape index (κ1) is 13.6. The molecule has 2 saturated carbocycles. The van der Waals surface area contributed by atoms with Crippen LogP contribution in [0.1, 0.15) is 63.4 Å². The van der Waals surface area contributed by atoms with Crippen LogP contribution in [0.4, 0.5) is 0 Å². The van der Waals surface area contributed by atoms with Crippen molar-refractivity contribution in [1.29, 1.82) is 0 Å². The van der Waals surface area contributed by atoms with E-state index in [-0.39, 0.29) is 0 Å². The maximum absolute atomic E-state index is 4.97. The fraction of sp³-hybridized carbons (Fsp3) is 0.526. The van der Waals surface area contributed by atoms with Crippen LogP contribution in [0.15, 0.2) is 46.5 Å². The van der Waals surface area contributed by atoms with Crippen LogP contribution in [0.5, 0.6) is 0 Å². The number of rotatable bonds is 2. The molecule has 20 heavy (non-hydrogen) atoms. The van der Waals surface area contributed by atoms with Gasteiger partial charge in [0, 0.05) is 5.71 Å². The molecule has 106 valence electrons. The molecule has 0 amide bonds. The second-order valence-corrected chi connectivity index (χ2v) is 6.10. The molecule has 2 aliphatic carbocycles. The molecule has 0 bridgehead atoms. The summed E-state index contributed by atoms with van der Waals surface area (Å²) in [6.07, 6.45) is 12.0. The molecule has 3 rings (SSSR count). The second kappa shape index (κ2) is 6.88. The largest absolute Gasteiger partial charge is 0.285 e. The molecular weight excluding hydrogens is 242 g/mol. The van der Waals surface area contributed by atoms with Gasteiger partial charge in [0.15, 0.2) is 0 Å². The molecule has 1 aromatic rings. The van der Waals surface area contributed by atoms with Crippen LogP contribution in [-0.4, -0.2) is 5.71 Å². The van der Waals surface area contributed by atoms with Gasteiger partial charge in [-0.25, -0.2) is 0 Å². The van der Waals surface area contributed by atoms with Crippen molar-refractivity contribution in [3.63, 3.8) is 0 Å². The van der Waals surface area contributed by atoms with Crippen LogP contribution >= 0.6 is 0 Å². The number of hydrogen-bond donors (Lipinski definition) is 0. The van der Waals surface area contributed by atoms with Crippen molar-refractivity contribution in [2.24, 2.45) is 4.99 Å². The lowest BCUT2D eigenvalue weighted by Gasteiger charge is -2.24. The van der Waals surface area contributed by atoms with Gasteiger partial charge in [0.2, 0.25) is 0 Å². The first-order valence-electron chi connectivity index (χ1n) is 8.22. The van der Waals surface area contributed by atoms with Crippen LogP contribution in [0.2, 0.25) is 0 Å². The molecule has 2 aliphatic rings. The van der Waals surface area contributed by atoms with Crippen LogP contribution in [0.3, 0.4) is 0 Å². The molecule has 1 nitrogen and oxygen atoms in total. The van der Waals surface area contributed by atoms with E-state index in [2.05, 4.69) is 30.3 Å². The highest BCUT2D eigenvalue weighted by molar-refractivity contribution is 6.01. The Kier molecular flexibility index (Phi) is 4.68. The molecule has 0 N–H and O–H groups in total. The average Bonchev–Trinajstić information content (AvgIpc) is 2.55. The van der Waals surface area contributed by atoms with E-state index in [1.807, 2.05) is 0 Å². The van der Waals surface area contributed by atoms with Crippen molar-refractivity contribution in [1.82, 2.24) is 0 Å². The minimum atomic E-state index is 0.854. The molecule has 0 saturated heterocycles. The molecule has 0 spiro atoms. The highest BCUT2D eigenvalue weighted by Crippen LogP contribution is 2.32. The SMILES string of the molecule is c1ccc(CN=C2CCCCC2=C2CCCCC2)cc1. The molecule has 0 radical (unpaired) electrons. The standard InChI is InChI=1S/C19H25N/c1-3-9-16(10-4-1)15-20-19-14-8-7-13-18(19)17-11-5-2-6-12-17/h1,3-4,9-10H,2,5-8,11-15H2. The number of allylic oxidation sites excluding steroid dienone is 2. The Morgan fingerprint density at radius 2 is 1.45 bits per heavy atom. The van der Waals surface area contributed by atoms with Crippen molar-refractivity contribution in [3.8, 4) is 0 Å². The highest BCUT2D eigenvalue weighted by Gasteiger charge is 2.18. The van der Waals surface area contributed by atoms with Gasteiger partial charge >= 0.3 is 0 Å². The molecule has 1 aromatic carbocycles. The summed E-state index contributed by atoms with van der Waals surface area (Å²) in [7, 11) is 0. The lowest BCUT2D eigenvalue weighted by Crippen LogP contribution is -2.13. The van der Waals surface area contributed by atoms with Gasteiger partial charge in [-0.05, 0) is 62.5 Å². The molecule has 1 heteroatoms. The van der Waals surface area contributed by atoms with Gasteiger partial charge in [-0.2, -0.15) is 0 Å². The lowest BCUT2D eigenvalue weighted by atomic mass is 9.83. The van der Waals surface area contributed by atoms with E-state index >= 15 is 0 Å². The van der Waals surface area contributed by atoms with Gasteiger partial charge in [0.05, 0.1) is 6.54 Å². The van der Waals surface area contributed by atoms with Gasteiger partial charge in [0.1, 0.15) is 0 Å². The predicted octanol–water partition coefficient (Wildman–Crippen LogP) is 5.46. The van der Waals surface area contributed by atoms with Crippen molar-refractivity contribution < 1.29 is 0 Å². The zero-order valence-corrected chi connectivity index (χ0v) is 12.4. The van der Waals surface area contributed by atoms with Crippen molar-refractivity contribution in [3.05, 3.63) is 47.0 Å². The average molecular weight is 267 g/mol. The van der Waals surface area contributed by atoms with Gasteiger partial charge < -0.3 is 0 Å². The fourth-order valence-corrected chi connectivity index (χ4v) is 3.50. The molecule has 0 aliphatic heterocycles. The van der Waals surface area contributed by atoms with Gasteiger partial charge in [-0.1, -0.05) is 42.3 Å². The summed E-state index contributed by atoms with van der Waals surface area (Å²) in [6.45, 7) is 0.854. The Morgan fingerprint density at radius 1 is 0.750 bits per heavy atom. The van der Waals surface area contributed by atoms with Gasteiger partial charge in [-0.3, -0.25) is 4.99 Å². The molecule has 2 fully saturated rings. The molecule has 0 heterocycles. The Hall–Kier alpha value is -1.37. The van der Waals surface area contributed by atoms with Gasteiger partial charge in [0.25, 0.3) is 0 Å². The van der Waals surface area contributed by atoms with Crippen LogP contribution in [0.25, 0.3) is 0 Å². The zero-order valence-electron chi connectivity index (χ0n) is 12.4. The Balaban J connectivity index is 1.78. The number of hydrogen-bond acceptors (Lipinski definition) is 1. The Bertz CT molecular complexity index is 488. The van der Waals surface area contributed by atoms with E-state index < -0.39 is 0 Å². The minimum absolute atomic E-state index is 0.854. The summed E-state index contributed by atoms with van der Waals surface area (Å²) in [4.78, 5) is 4.97. The van der Waals surface area contributed by atoms with Crippen LogP contribution in [-0.2, 0) is 6.54 Å². The third-order valence-corrected chi connectivity index (χ3v) is 4.62. The van der Waals surface area contributed by atoms with E-state index in [0.717, 1.165) is 6.54 Å².